The summed E-state index contributed by atoms with van der Waals surface area (Å²) in [5.41, 5.74) is 2.29. The van der Waals surface area contributed by atoms with Gasteiger partial charge in [0, 0.05) is 42.9 Å². The fourth-order valence-corrected chi connectivity index (χ4v) is 3.05. The Kier molecular flexibility index (Phi) is 4.29. The molecule has 0 bridgehead atoms. The van der Waals surface area contributed by atoms with E-state index in [1.807, 2.05) is 6.07 Å². The van der Waals surface area contributed by atoms with Crippen molar-refractivity contribution >= 4 is 23.4 Å². The zero-order valence-corrected chi connectivity index (χ0v) is 12.7. The van der Waals surface area contributed by atoms with Crippen LogP contribution < -0.4 is 10.6 Å². The predicted molar refractivity (Wildman–Crippen MR) is 82.7 cm³/mol. The van der Waals surface area contributed by atoms with E-state index in [0.717, 1.165) is 11.3 Å². The molecule has 0 aliphatic carbocycles. The van der Waals surface area contributed by atoms with Crippen LogP contribution >= 0.6 is 0 Å². The molecule has 7 nitrogen and oxygen atoms in total. The number of rotatable bonds is 5. The molecule has 1 aromatic rings. The molecule has 0 spiro atoms. The van der Waals surface area contributed by atoms with E-state index in [-0.39, 0.29) is 24.8 Å². The van der Waals surface area contributed by atoms with Crippen LogP contribution in [0.15, 0.2) is 18.2 Å². The summed E-state index contributed by atoms with van der Waals surface area (Å²) in [4.78, 5) is 37.4. The van der Waals surface area contributed by atoms with E-state index in [9.17, 15) is 14.4 Å². The molecule has 3 amide bonds. The average Bonchev–Trinajstić information content (AvgIpc) is 2.86. The summed E-state index contributed by atoms with van der Waals surface area (Å²) in [6, 6.07) is 4.84. The highest BCUT2D eigenvalue weighted by Gasteiger charge is 2.39. The molecule has 1 atom stereocenters. The van der Waals surface area contributed by atoms with Gasteiger partial charge in [0.25, 0.3) is 5.91 Å². The smallest absolute Gasteiger partial charge is 0.255 e. The van der Waals surface area contributed by atoms with E-state index in [4.69, 9.17) is 5.11 Å². The molecule has 1 aromatic carbocycles. The van der Waals surface area contributed by atoms with E-state index in [1.165, 1.54) is 4.90 Å². The zero-order valence-electron chi connectivity index (χ0n) is 12.7. The summed E-state index contributed by atoms with van der Waals surface area (Å²) in [5.74, 6) is -0.876. The van der Waals surface area contributed by atoms with Crippen LogP contribution in [0.3, 0.4) is 0 Å². The van der Waals surface area contributed by atoms with Gasteiger partial charge in [0.15, 0.2) is 0 Å². The van der Waals surface area contributed by atoms with Crippen molar-refractivity contribution in [2.45, 2.75) is 31.8 Å². The third-order valence-electron chi connectivity index (χ3n) is 4.23. The lowest BCUT2D eigenvalue weighted by Gasteiger charge is -2.29. The molecular formula is C16H19N3O4. The first-order valence-electron chi connectivity index (χ1n) is 7.73. The first-order valence-corrected chi connectivity index (χ1v) is 7.73. The van der Waals surface area contributed by atoms with E-state index >= 15 is 0 Å². The molecule has 2 heterocycles. The minimum atomic E-state index is -0.599. The summed E-state index contributed by atoms with van der Waals surface area (Å²) < 4.78 is 0. The SMILES string of the molecule is O=C1CCC(N2Cc3c(NCCCO)cccc3C2=O)C(=O)N1. The number of anilines is 1. The van der Waals surface area contributed by atoms with Crippen LogP contribution in [0.2, 0.25) is 0 Å². The third-order valence-corrected chi connectivity index (χ3v) is 4.23. The van der Waals surface area contributed by atoms with Crippen molar-refractivity contribution in [1.82, 2.24) is 10.2 Å². The third kappa shape index (κ3) is 2.92. The van der Waals surface area contributed by atoms with Crippen molar-refractivity contribution in [2.24, 2.45) is 0 Å². The number of imide groups is 1. The van der Waals surface area contributed by atoms with Crippen LogP contribution in [0, 0.1) is 0 Å². The summed E-state index contributed by atoms with van der Waals surface area (Å²) in [6.45, 7) is 1.06. The number of nitrogens with zero attached hydrogens (tertiary/aromatic N) is 1. The van der Waals surface area contributed by atoms with Crippen molar-refractivity contribution in [3.8, 4) is 0 Å². The molecule has 7 heteroatoms. The molecule has 1 saturated heterocycles. The normalized spacial score (nSPS) is 20.5. The van der Waals surface area contributed by atoms with Crippen LogP contribution in [-0.2, 0) is 16.1 Å². The quantitative estimate of drug-likeness (QED) is 0.534. The van der Waals surface area contributed by atoms with Crippen LogP contribution in [0.5, 0.6) is 0 Å². The van der Waals surface area contributed by atoms with E-state index in [1.54, 1.807) is 12.1 Å². The van der Waals surface area contributed by atoms with Crippen LogP contribution in [0.25, 0.3) is 0 Å². The number of carbonyl (C=O) groups excluding carboxylic acids is 3. The van der Waals surface area contributed by atoms with Gasteiger partial charge in [0.2, 0.25) is 11.8 Å². The summed E-state index contributed by atoms with van der Waals surface area (Å²) in [5, 5.41) is 14.4. The lowest BCUT2D eigenvalue weighted by molar-refractivity contribution is -0.136. The molecule has 1 fully saturated rings. The maximum atomic E-state index is 12.6. The van der Waals surface area contributed by atoms with Gasteiger partial charge in [-0.3, -0.25) is 19.7 Å². The van der Waals surface area contributed by atoms with E-state index in [2.05, 4.69) is 10.6 Å². The number of hydrogen-bond acceptors (Lipinski definition) is 5. The van der Waals surface area contributed by atoms with Gasteiger partial charge in [-0.2, -0.15) is 0 Å². The average molecular weight is 317 g/mol. The molecule has 0 aromatic heterocycles. The zero-order chi connectivity index (χ0) is 16.4. The highest BCUT2D eigenvalue weighted by atomic mass is 16.3. The second kappa shape index (κ2) is 6.37. The van der Waals surface area contributed by atoms with Gasteiger partial charge < -0.3 is 15.3 Å². The number of piperidine rings is 1. The number of amides is 3. The number of nitrogens with one attached hydrogen (secondary N) is 2. The van der Waals surface area contributed by atoms with Crippen molar-refractivity contribution in [2.75, 3.05) is 18.5 Å². The topological polar surface area (TPSA) is 98.7 Å². The van der Waals surface area contributed by atoms with Gasteiger partial charge in [0.05, 0.1) is 0 Å². The molecule has 2 aliphatic heterocycles. The van der Waals surface area contributed by atoms with E-state index in [0.29, 0.717) is 31.5 Å². The number of benzene rings is 1. The first kappa shape index (κ1) is 15.5. The fourth-order valence-electron chi connectivity index (χ4n) is 3.05. The lowest BCUT2D eigenvalue weighted by atomic mass is 10.0. The highest BCUT2D eigenvalue weighted by Crippen LogP contribution is 2.32. The van der Waals surface area contributed by atoms with Gasteiger partial charge in [-0.15, -0.1) is 0 Å². The second-order valence-electron chi connectivity index (χ2n) is 5.74. The minimum absolute atomic E-state index is 0.101. The Morgan fingerprint density at radius 2 is 2.13 bits per heavy atom. The van der Waals surface area contributed by atoms with Crippen molar-refractivity contribution in [3.05, 3.63) is 29.3 Å². The van der Waals surface area contributed by atoms with Crippen LogP contribution in [-0.4, -0.2) is 46.9 Å². The van der Waals surface area contributed by atoms with Gasteiger partial charge in [-0.1, -0.05) is 6.07 Å². The number of aliphatic hydroxyl groups excluding tert-OH is 1. The first-order chi connectivity index (χ1) is 11.1. The Morgan fingerprint density at radius 1 is 1.30 bits per heavy atom. The number of aliphatic hydroxyl groups is 1. The second-order valence-corrected chi connectivity index (χ2v) is 5.74. The van der Waals surface area contributed by atoms with Crippen LogP contribution in [0.4, 0.5) is 5.69 Å². The van der Waals surface area contributed by atoms with Gasteiger partial charge >= 0.3 is 0 Å². The predicted octanol–water partition coefficient (Wildman–Crippen LogP) is 0.242. The van der Waals surface area contributed by atoms with Crippen molar-refractivity contribution in [1.29, 1.82) is 0 Å². The Labute approximate surface area is 133 Å². The molecule has 1 unspecified atom stereocenters. The highest BCUT2D eigenvalue weighted by molar-refractivity contribution is 6.06. The lowest BCUT2D eigenvalue weighted by Crippen LogP contribution is -2.52. The van der Waals surface area contributed by atoms with Gasteiger partial charge in [0.1, 0.15) is 6.04 Å². The monoisotopic (exact) mass is 317 g/mol. The fraction of sp³-hybridized carbons (Fsp3) is 0.438. The van der Waals surface area contributed by atoms with Gasteiger partial charge in [-0.05, 0) is 25.0 Å². The Morgan fingerprint density at radius 3 is 2.87 bits per heavy atom. The molecule has 3 rings (SSSR count). The molecule has 0 radical (unpaired) electrons. The van der Waals surface area contributed by atoms with E-state index < -0.39 is 11.9 Å². The van der Waals surface area contributed by atoms with Crippen molar-refractivity contribution in [3.63, 3.8) is 0 Å². The molecular weight excluding hydrogens is 298 g/mol. The molecule has 23 heavy (non-hydrogen) atoms. The Bertz CT molecular complexity index is 659. The minimum Gasteiger partial charge on any atom is -0.396 e. The maximum absolute atomic E-state index is 12.6. The van der Waals surface area contributed by atoms with Gasteiger partial charge in [-0.25, -0.2) is 0 Å². The van der Waals surface area contributed by atoms with Crippen molar-refractivity contribution < 1.29 is 19.5 Å². The largest absolute Gasteiger partial charge is 0.396 e. The Balaban J connectivity index is 1.80. The molecule has 0 saturated carbocycles. The molecule has 122 valence electrons. The summed E-state index contributed by atoms with van der Waals surface area (Å²) in [7, 11) is 0. The molecule has 3 N–H and O–H groups in total. The summed E-state index contributed by atoms with van der Waals surface area (Å²) >= 11 is 0. The number of fused-ring (bicyclic) bond motifs is 1. The standard InChI is InChI=1S/C16H19N3O4/c20-8-2-7-17-12-4-1-3-10-11(12)9-19(16(10)23)13-5-6-14(21)18-15(13)22/h1,3-4,13,17,20H,2,5-9H2,(H,18,21,22). The molecule has 2 aliphatic rings. The number of hydrogen-bond donors (Lipinski definition) is 3. The van der Waals surface area contributed by atoms with Crippen LogP contribution in [0.1, 0.15) is 35.2 Å². The summed E-state index contributed by atoms with van der Waals surface area (Å²) in [6.07, 6.45) is 1.23. The Hall–Kier alpha value is -2.41. The maximum Gasteiger partial charge on any atom is 0.255 e. The number of carbonyl (C=O) groups is 3.